The highest BCUT2D eigenvalue weighted by atomic mass is 19.4. The van der Waals surface area contributed by atoms with Gasteiger partial charge >= 0.3 is 12.1 Å². The first-order valence-electron chi connectivity index (χ1n) is 10.1. The third kappa shape index (κ3) is 6.86. The van der Waals surface area contributed by atoms with E-state index in [0.717, 1.165) is 52.0 Å². The van der Waals surface area contributed by atoms with Crippen LogP contribution in [0.5, 0.6) is 0 Å². The summed E-state index contributed by atoms with van der Waals surface area (Å²) in [6, 6.07) is 0. The van der Waals surface area contributed by atoms with Crippen molar-refractivity contribution < 1.29 is 37.3 Å². The molecule has 0 aromatic carbocycles. The number of hydrogen-bond donors (Lipinski definition) is 1. The molecule has 9 heteroatoms. The third-order valence-corrected chi connectivity index (χ3v) is 5.81. The van der Waals surface area contributed by atoms with Crippen LogP contribution in [-0.2, 0) is 19.0 Å². The lowest BCUT2D eigenvalue weighted by molar-refractivity contribution is -0.192. The molecule has 0 aromatic rings. The van der Waals surface area contributed by atoms with Gasteiger partial charge < -0.3 is 19.3 Å². The SMILES string of the molecule is CCOC[C@@H]1CCC[C@@]12CN(CC1CCOCC1)CCO2.O=C(O)C(F)(F)F. The minimum absolute atomic E-state index is 0.0819. The Morgan fingerprint density at radius 1 is 1.25 bits per heavy atom. The third-order valence-electron chi connectivity index (χ3n) is 5.81. The zero-order chi connectivity index (χ0) is 20.6. The van der Waals surface area contributed by atoms with E-state index >= 15 is 0 Å². The van der Waals surface area contributed by atoms with Gasteiger partial charge in [-0.3, -0.25) is 4.90 Å². The Morgan fingerprint density at radius 3 is 2.54 bits per heavy atom. The molecule has 6 nitrogen and oxygen atoms in total. The van der Waals surface area contributed by atoms with E-state index in [2.05, 4.69) is 11.8 Å². The molecule has 1 aliphatic carbocycles. The number of nitrogens with zero attached hydrogens (tertiary/aromatic N) is 1. The first-order valence-corrected chi connectivity index (χ1v) is 10.1. The highest BCUT2D eigenvalue weighted by molar-refractivity contribution is 5.73. The van der Waals surface area contributed by atoms with Gasteiger partial charge in [0.15, 0.2) is 0 Å². The summed E-state index contributed by atoms with van der Waals surface area (Å²) in [4.78, 5) is 11.6. The zero-order valence-electron chi connectivity index (χ0n) is 16.5. The monoisotopic (exact) mass is 411 g/mol. The lowest BCUT2D eigenvalue weighted by atomic mass is 9.88. The Kier molecular flexibility index (Phi) is 8.98. The zero-order valence-corrected chi connectivity index (χ0v) is 16.5. The van der Waals surface area contributed by atoms with Gasteiger partial charge in [-0.1, -0.05) is 6.42 Å². The van der Waals surface area contributed by atoms with Crippen molar-refractivity contribution in [2.45, 2.75) is 50.8 Å². The molecule has 0 amide bonds. The maximum Gasteiger partial charge on any atom is 0.490 e. The second kappa shape index (κ2) is 10.8. The van der Waals surface area contributed by atoms with Crippen LogP contribution in [0, 0.1) is 11.8 Å². The normalized spacial score (nSPS) is 29.5. The van der Waals surface area contributed by atoms with Crippen LogP contribution in [0.1, 0.15) is 39.0 Å². The van der Waals surface area contributed by atoms with Crippen LogP contribution in [0.15, 0.2) is 0 Å². The van der Waals surface area contributed by atoms with Gasteiger partial charge in [-0.2, -0.15) is 13.2 Å². The number of carboxylic acid groups (broad SMARTS) is 1. The van der Waals surface area contributed by atoms with Gasteiger partial charge in [0.25, 0.3) is 0 Å². The fourth-order valence-electron chi connectivity index (χ4n) is 4.34. The van der Waals surface area contributed by atoms with E-state index in [-0.39, 0.29) is 5.60 Å². The number of morpholine rings is 1. The largest absolute Gasteiger partial charge is 0.490 e. The molecule has 2 saturated heterocycles. The number of alkyl halides is 3. The van der Waals surface area contributed by atoms with Gasteiger partial charge in [-0.25, -0.2) is 4.79 Å². The van der Waals surface area contributed by atoms with Crippen molar-refractivity contribution in [2.75, 3.05) is 52.7 Å². The highest BCUT2D eigenvalue weighted by Crippen LogP contribution is 2.41. The van der Waals surface area contributed by atoms with Gasteiger partial charge in [0, 0.05) is 45.4 Å². The van der Waals surface area contributed by atoms with Crippen LogP contribution in [-0.4, -0.2) is 80.4 Å². The highest BCUT2D eigenvalue weighted by Gasteiger charge is 2.47. The summed E-state index contributed by atoms with van der Waals surface area (Å²) in [6.07, 6.45) is 1.16. The summed E-state index contributed by atoms with van der Waals surface area (Å²) in [5, 5.41) is 7.12. The number of hydrogen-bond acceptors (Lipinski definition) is 5. The van der Waals surface area contributed by atoms with Crippen LogP contribution in [0.2, 0.25) is 0 Å². The Morgan fingerprint density at radius 2 is 1.93 bits per heavy atom. The van der Waals surface area contributed by atoms with Crippen molar-refractivity contribution in [1.82, 2.24) is 4.90 Å². The predicted octanol–water partition coefficient (Wildman–Crippen LogP) is 2.95. The van der Waals surface area contributed by atoms with Gasteiger partial charge in [-0.05, 0) is 38.5 Å². The first kappa shape index (κ1) is 23.4. The molecule has 164 valence electrons. The minimum atomic E-state index is -5.08. The molecule has 0 unspecified atom stereocenters. The maximum absolute atomic E-state index is 10.6. The van der Waals surface area contributed by atoms with Gasteiger partial charge in [0.1, 0.15) is 0 Å². The molecular weight excluding hydrogens is 379 g/mol. The van der Waals surface area contributed by atoms with Crippen LogP contribution < -0.4 is 0 Å². The molecule has 28 heavy (non-hydrogen) atoms. The summed E-state index contributed by atoms with van der Waals surface area (Å²) < 4.78 is 49.2. The summed E-state index contributed by atoms with van der Waals surface area (Å²) >= 11 is 0. The van der Waals surface area contributed by atoms with Crippen LogP contribution in [0.3, 0.4) is 0 Å². The maximum atomic E-state index is 10.6. The summed E-state index contributed by atoms with van der Waals surface area (Å²) in [5.74, 6) is -1.34. The first-order chi connectivity index (χ1) is 13.3. The number of carbonyl (C=O) groups is 1. The standard InChI is InChI=1S/C17H31NO3.C2HF3O2/c1-2-19-13-16-4-3-7-17(16)14-18(8-11-21-17)12-15-5-9-20-10-6-15;3-2(4,5)1(6)7/h15-16H,2-14H2,1H3;(H,6,7)/t16-,17+;/m0./s1. The molecule has 2 heterocycles. The van der Waals surface area contributed by atoms with Crippen LogP contribution >= 0.6 is 0 Å². The average Bonchev–Trinajstić information content (AvgIpc) is 3.02. The van der Waals surface area contributed by atoms with E-state index in [9.17, 15) is 13.2 Å². The van der Waals surface area contributed by atoms with Crippen LogP contribution in [0.4, 0.5) is 13.2 Å². The van der Waals surface area contributed by atoms with Crippen molar-refractivity contribution in [1.29, 1.82) is 0 Å². The molecule has 1 spiro atoms. The summed E-state index contributed by atoms with van der Waals surface area (Å²) in [6.45, 7) is 10.0. The van der Waals surface area contributed by atoms with E-state index in [1.807, 2.05) is 0 Å². The fraction of sp³-hybridized carbons (Fsp3) is 0.947. The second-order valence-corrected chi connectivity index (χ2v) is 7.76. The molecule has 0 bridgehead atoms. The Labute approximate surface area is 164 Å². The van der Waals surface area contributed by atoms with Gasteiger partial charge in [-0.15, -0.1) is 0 Å². The molecule has 3 fully saturated rings. The smallest absolute Gasteiger partial charge is 0.475 e. The molecule has 3 aliphatic rings. The number of ether oxygens (including phenoxy) is 3. The van der Waals surface area contributed by atoms with Crippen molar-refractivity contribution >= 4 is 5.97 Å². The predicted molar refractivity (Wildman–Crippen MR) is 96.2 cm³/mol. The summed E-state index contributed by atoms with van der Waals surface area (Å²) in [5.41, 5.74) is 0.0819. The number of carboxylic acids is 1. The van der Waals surface area contributed by atoms with Gasteiger partial charge in [0.05, 0.1) is 18.8 Å². The van der Waals surface area contributed by atoms with Crippen molar-refractivity contribution in [3.63, 3.8) is 0 Å². The second-order valence-electron chi connectivity index (χ2n) is 7.76. The lowest BCUT2D eigenvalue weighted by Gasteiger charge is -2.45. The molecule has 3 rings (SSSR count). The van der Waals surface area contributed by atoms with Crippen molar-refractivity contribution in [3.05, 3.63) is 0 Å². The molecule has 0 radical (unpaired) electrons. The molecular formula is C19H32F3NO5. The number of rotatable bonds is 5. The van der Waals surface area contributed by atoms with Gasteiger partial charge in [0.2, 0.25) is 0 Å². The number of halogens is 3. The Bertz CT molecular complexity index is 485. The average molecular weight is 411 g/mol. The van der Waals surface area contributed by atoms with E-state index in [4.69, 9.17) is 24.1 Å². The molecule has 0 aromatic heterocycles. The Hall–Kier alpha value is -0.900. The topological polar surface area (TPSA) is 68.2 Å². The molecule has 1 saturated carbocycles. The molecule has 2 aliphatic heterocycles. The van der Waals surface area contributed by atoms with E-state index in [1.54, 1.807) is 0 Å². The fourth-order valence-corrected chi connectivity index (χ4v) is 4.34. The molecule has 1 N–H and O–H groups in total. The lowest BCUT2D eigenvalue weighted by Crippen LogP contribution is -2.55. The molecule has 2 atom stereocenters. The van der Waals surface area contributed by atoms with Crippen LogP contribution in [0.25, 0.3) is 0 Å². The quantitative estimate of drug-likeness (QED) is 0.750. The van der Waals surface area contributed by atoms with E-state index < -0.39 is 12.1 Å². The minimum Gasteiger partial charge on any atom is -0.475 e. The van der Waals surface area contributed by atoms with E-state index in [1.165, 1.54) is 38.6 Å². The number of aliphatic carboxylic acids is 1. The summed E-state index contributed by atoms with van der Waals surface area (Å²) in [7, 11) is 0. The van der Waals surface area contributed by atoms with Crippen molar-refractivity contribution in [3.8, 4) is 0 Å². The Balaban J connectivity index is 0.000000345. The van der Waals surface area contributed by atoms with Crippen molar-refractivity contribution in [2.24, 2.45) is 11.8 Å². The van der Waals surface area contributed by atoms with E-state index in [0.29, 0.717) is 5.92 Å².